The van der Waals surface area contributed by atoms with E-state index in [0.29, 0.717) is 6.04 Å². The highest BCUT2D eigenvalue weighted by molar-refractivity contribution is 5.85. The number of benzene rings is 1. The van der Waals surface area contributed by atoms with Crippen LogP contribution in [0.3, 0.4) is 0 Å². The van der Waals surface area contributed by atoms with Crippen molar-refractivity contribution >= 4 is 5.97 Å². The zero-order valence-electron chi connectivity index (χ0n) is 12.5. The minimum absolute atomic E-state index is 0.0522. The van der Waals surface area contributed by atoms with E-state index in [1.807, 2.05) is 26.8 Å². The molecule has 0 amide bonds. The van der Waals surface area contributed by atoms with Crippen LogP contribution in [-0.4, -0.2) is 24.2 Å². The van der Waals surface area contributed by atoms with Crippen molar-refractivity contribution in [2.45, 2.75) is 57.1 Å². The molecule has 0 saturated carbocycles. The van der Waals surface area contributed by atoms with E-state index in [1.54, 1.807) is 0 Å². The van der Waals surface area contributed by atoms with Gasteiger partial charge in [-0.1, -0.05) is 24.3 Å². The van der Waals surface area contributed by atoms with Gasteiger partial charge in [-0.05, 0) is 57.7 Å². The molecule has 1 aliphatic heterocycles. The second-order valence-electron chi connectivity index (χ2n) is 7.05. The van der Waals surface area contributed by atoms with E-state index in [0.717, 1.165) is 25.8 Å². The van der Waals surface area contributed by atoms with E-state index in [-0.39, 0.29) is 5.97 Å². The Kier molecular flexibility index (Phi) is 3.13. The van der Waals surface area contributed by atoms with Gasteiger partial charge in [-0.2, -0.15) is 0 Å². The molecule has 0 aromatic heterocycles. The fourth-order valence-corrected chi connectivity index (χ4v) is 3.58. The number of hydrogen-bond donors (Lipinski definition) is 1. The zero-order valence-corrected chi connectivity index (χ0v) is 12.5. The van der Waals surface area contributed by atoms with Crippen molar-refractivity contribution < 1.29 is 9.53 Å². The van der Waals surface area contributed by atoms with E-state index < -0.39 is 11.0 Å². The van der Waals surface area contributed by atoms with E-state index in [2.05, 4.69) is 23.5 Å². The lowest BCUT2D eigenvalue weighted by Gasteiger charge is -2.45. The number of nitrogens with one attached hydrogen (secondary N) is 1. The molecule has 2 aliphatic rings. The van der Waals surface area contributed by atoms with E-state index in [4.69, 9.17) is 4.74 Å². The van der Waals surface area contributed by atoms with Gasteiger partial charge in [-0.15, -0.1) is 0 Å². The summed E-state index contributed by atoms with van der Waals surface area (Å²) in [5.41, 5.74) is 1.60. The van der Waals surface area contributed by atoms with Gasteiger partial charge in [0.2, 0.25) is 0 Å². The topological polar surface area (TPSA) is 38.3 Å². The standard InChI is InChI=1S/C17H23NO2/c1-16(2,3)20-15(19)17-8-9-18-13(11-17)10-12-6-4-5-7-14(12)17/h4-7,13,18H,8-11H2,1-3H3. The first kappa shape index (κ1) is 13.6. The highest BCUT2D eigenvalue weighted by atomic mass is 16.6. The molecule has 2 unspecified atom stereocenters. The molecule has 1 heterocycles. The van der Waals surface area contributed by atoms with Crippen molar-refractivity contribution in [2.24, 2.45) is 0 Å². The van der Waals surface area contributed by atoms with Gasteiger partial charge in [0.1, 0.15) is 5.60 Å². The van der Waals surface area contributed by atoms with Gasteiger partial charge < -0.3 is 10.1 Å². The third kappa shape index (κ3) is 2.24. The number of piperidine rings is 1. The first-order chi connectivity index (χ1) is 9.41. The maximum Gasteiger partial charge on any atom is 0.317 e. The quantitative estimate of drug-likeness (QED) is 0.799. The Hall–Kier alpha value is -1.35. The number of esters is 1. The third-order valence-corrected chi connectivity index (χ3v) is 4.37. The van der Waals surface area contributed by atoms with Crippen molar-refractivity contribution in [3.05, 3.63) is 35.4 Å². The predicted octanol–water partition coefficient (Wildman–Crippen LogP) is 2.57. The molecular formula is C17H23NO2. The summed E-state index contributed by atoms with van der Waals surface area (Å²) in [5.74, 6) is -0.0522. The van der Waals surface area contributed by atoms with Gasteiger partial charge >= 0.3 is 5.97 Å². The number of ether oxygens (including phenoxy) is 1. The van der Waals surface area contributed by atoms with Crippen LogP contribution in [0.5, 0.6) is 0 Å². The smallest absolute Gasteiger partial charge is 0.317 e. The first-order valence-corrected chi connectivity index (χ1v) is 7.46. The lowest BCUT2D eigenvalue weighted by molar-refractivity contribution is -0.164. The molecule has 3 heteroatoms. The molecule has 2 bridgehead atoms. The van der Waals surface area contributed by atoms with Gasteiger partial charge in [0.15, 0.2) is 0 Å². The van der Waals surface area contributed by atoms with Gasteiger partial charge in [0.05, 0.1) is 5.41 Å². The van der Waals surface area contributed by atoms with Crippen LogP contribution >= 0.6 is 0 Å². The summed E-state index contributed by atoms with van der Waals surface area (Å²) in [6.45, 7) is 6.71. The molecule has 1 aliphatic carbocycles. The third-order valence-electron chi connectivity index (χ3n) is 4.37. The highest BCUT2D eigenvalue weighted by Crippen LogP contribution is 2.43. The van der Waals surface area contributed by atoms with Crippen molar-refractivity contribution in [1.29, 1.82) is 0 Å². The molecule has 3 rings (SSSR count). The van der Waals surface area contributed by atoms with Crippen molar-refractivity contribution in [1.82, 2.24) is 5.32 Å². The van der Waals surface area contributed by atoms with Crippen molar-refractivity contribution in [3.63, 3.8) is 0 Å². The minimum atomic E-state index is -0.446. The van der Waals surface area contributed by atoms with Crippen LogP contribution in [0.2, 0.25) is 0 Å². The van der Waals surface area contributed by atoms with Crippen LogP contribution in [0, 0.1) is 0 Å². The Bertz CT molecular complexity index is 532. The summed E-state index contributed by atoms with van der Waals surface area (Å²) in [4.78, 5) is 12.9. The van der Waals surface area contributed by atoms with Gasteiger partial charge in [-0.3, -0.25) is 4.79 Å². The Balaban J connectivity index is 2.03. The summed E-state index contributed by atoms with van der Waals surface area (Å²) in [6, 6.07) is 8.75. The molecular weight excluding hydrogens is 250 g/mol. The van der Waals surface area contributed by atoms with Crippen LogP contribution in [0.25, 0.3) is 0 Å². The number of hydrogen-bond acceptors (Lipinski definition) is 3. The molecule has 3 nitrogen and oxygen atoms in total. The van der Waals surface area contributed by atoms with Gasteiger partial charge in [0.25, 0.3) is 0 Å². The van der Waals surface area contributed by atoms with Crippen molar-refractivity contribution in [2.75, 3.05) is 6.54 Å². The van der Waals surface area contributed by atoms with Gasteiger partial charge in [0, 0.05) is 6.04 Å². The molecule has 108 valence electrons. The number of fused-ring (bicyclic) bond motifs is 4. The first-order valence-electron chi connectivity index (χ1n) is 7.46. The lowest BCUT2D eigenvalue weighted by atomic mass is 9.64. The molecule has 0 spiro atoms. The number of carbonyl (C=O) groups excluding carboxylic acids is 1. The monoisotopic (exact) mass is 273 g/mol. The SMILES string of the molecule is CC(C)(C)OC(=O)C12CCNC(Cc3ccccc31)C2. The van der Waals surface area contributed by atoms with Gasteiger partial charge in [-0.25, -0.2) is 0 Å². The minimum Gasteiger partial charge on any atom is -0.459 e. The summed E-state index contributed by atoms with van der Waals surface area (Å²) in [7, 11) is 0. The molecule has 0 radical (unpaired) electrons. The fraction of sp³-hybridized carbons (Fsp3) is 0.588. The van der Waals surface area contributed by atoms with Crippen molar-refractivity contribution in [3.8, 4) is 0 Å². The maximum atomic E-state index is 12.9. The Labute approximate surface area is 120 Å². The summed E-state index contributed by atoms with van der Waals surface area (Å²) in [5, 5.41) is 3.53. The van der Waals surface area contributed by atoms with Crippen LogP contribution < -0.4 is 5.32 Å². The average Bonchev–Trinajstić information content (AvgIpc) is 2.37. The Morgan fingerprint density at radius 1 is 1.35 bits per heavy atom. The number of carbonyl (C=O) groups is 1. The zero-order chi connectivity index (χ0) is 14.4. The fourth-order valence-electron chi connectivity index (χ4n) is 3.58. The molecule has 1 aromatic carbocycles. The summed E-state index contributed by atoms with van der Waals surface area (Å²) >= 11 is 0. The summed E-state index contributed by atoms with van der Waals surface area (Å²) in [6.07, 6.45) is 2.70. The largest absolute Gasteiger partial charge is 0.459 e. The molecule has 1 aromatic rings. The molecule has 1 saturated heterocycles. The second kappa shape index (κ2) is 4.59. The normalized spacial score (nSPS) is 28.6. The number of rotatable bonds is 1. The van der Waals surface area contributed by atoms with Crippen LogP contribution in [-0.2, 0) is 21.4 Å². The second-order valence-corrected chi connectivity index (χ2v) is 7.05. The molecule has 20 heavy (non-hydrogen) atoms. The average molecular weight is 273 g/mol. The van der Waals surface area contributed by atoms with Crippen LogP contribution in [0.1, 0.15) is 44.7 Å². The van der Waals surface area contributed by atoms with E-state index in [1.165, 1.54) is 11.1 Å². The predicted molar refractivity (Wildman–Crippen MR) is 78.7 cm³/mol. The van der Waals surface area contributed by atoms with Crippen LogP contribution in [0.4, 0.5) is 0 Å². The Morgan fingerprint density at radius 2 is 2.10 bits per heavy atom. The maximum absolute atomic E-state index is 12.9. The lowest BCUT2D eigenvalue weighted by Crippen LogP contribution is -2.55. The molecule has 1 N–H and O–H groups in total. The van der Waals surface area contributed by atoms with Crippen LogP contribution in [0.15, 0.2) is 24.3 Å². The molecule has 1 fully saturated rings. The van der Waals surface area contributed by atoms with E-state index >= 15 is 0 Å². The Morgan fingerprint density at radius 3 is 2.85 bits per heavy atom. The molecule has 2 atom stereocenters. The van der Waals surface area contributed by atoms with E-state index in [9.17, 15) is 4.79 Å². The highest BCUT2D eigenvalue weighted by Gasteiger charge is 2.50. The summed E-state index contributed by atoms with van der Waals surface area (Å²) < 4.78 is 5.74.